The van der Waals surface area contributed by atoms with E-state index in [9.17, 15) is 9.59 Å². The summed E-state index contributed by atoms with van der Waals surface area (Å²) >= 11 is 0. The molecular weight excluding hydrogens is 322 g/mol. The summed E-state index contributed by atoms with van der Waals surface area (Å²) in [5.41, 5.74) is 1.79. The van der Waals surface area contributed by atoms with Gasteiger partial charge < -0.3 is 19.9 Å². The van der Waals surface area contributed by atoms with Gasteiger partial charge in [-0.2, -0.15) is 0 Å². The van der Waals surface area contributed by atoms with Crippen LogP contribution in [-0.4, -0.2) is 30.7 Å². The fourth-order valence-electron chi connectivity index (χ4n) is 2.34. The molecule has 2 aromatic carbocycles. The van der Waals surface area contributed by atoms with Gasteiger partial charge in [-0.05, 0) is 24.6 Å². The molecule has 2 rings (SSSR count). The zero-order valence-corrected chi connectivity index (χ0v) is 14.2. The number of hydrogen-bond acceptors (Lipinski definition) is 4. The first-order valence-corrected chi connectivity index (χ1v) is 7.83. The Hall–Kier alpha value is -3.02. The molecule has 1 amide bonds. The van der Waals surface area contributed by atoms with Gasteiger partial charge in [0.1, 0.15) is 0 Å². The van der Waals surface area contributed by atoms with E-state index >= 15 is 0 Å². The normalized spacial score (nSPS) is 11.4. The average molecular weight is 343 g/mol. The first-order chi connectivity index (χ1) is 12.0. The van der Waals surface area contributed by atoms with E-state index in [0.29, 0.717) is 11.5 Å². The Labute approximate surface area is 146 Å². The predicted octanol–water partition coefficient (Wildman–Crippen LogP) is 2.71. The summed E-state index contributed by atoms with van der Waals surface area (Å²) < 4.78 is 10.6. The van der Waals surface area contributed by atoms with Crippen molar-refractivity contribution in [2.75, 3.05) is 13.7 Å². The third-order valence-corrected chi connectivity index (χ3v) is 3.62. The van der Waals surface area contributed by atoms with Crippen molar-refractivity contribution in [1.82, 2.24) is 5.32 Å². The SMILES string of the molecule is COc1ccccc1OCC(=O)NC(CC(=O)O)c1ccc(C)cc1. The summed E-state index contributed by atoms with van der Waals surface area (Å²) in [5.74, 6) is -0.421. The van der Waals surface area contributed by atoms with Gasteiger partial charge in [0.2, 0.25) is 0 Å². The molecule has 0 aromatic heterocycles. The van der Waals surface area contributed by atoms with Crippen molar-refractivity contribution < 1.29 is 24.2 Å². The molecule has 132 valence electrons. The minimum absolute atomic E-state index is 0.205. The lowest BCUT2D eigenvalue weighted by Crippen LogP contribution is -2.33. The Morgan fingerprint density at radius 3 is 2.32 bits per heavy atom. The molecule has 25 heavy (non-hydrogen) atoms. The number of carbonyl (C=O) groups is 2. The number of carbonyl (C=O) groups excluding carboxylic acids is 1. The van der Waals surface area contributed by atoms with Gasteiger partial charge >= 0.3 is 5.97 Å². The van der Waals surface area contributed by atoms with Gasteiger partial charge in [-0.25, -0.2) is 0 Å². The van der Waals surface area contributed by atoms with Gasteiger partial charge in [-0.1, -0.05) is 42.0 Å². The van der Waals surface area contributed by atoms with E-state index in [2.05, 4.69) is 5.32 Å². The van der Waals surface area contributed by atoms with Crippen molar-refractivity contribution in [3.05, 3.63) is 59.7 Å². The molecule has 6 heteroatoms. The van der Waals surface area contributed by atoms with Crippen molar-refractivity contribution in [2.24, 2.45) is 0 Å². The van der Waals surface area contributed by atoms with Crippen LogP contribution in [0, 0.1) is 6.92 Å². The molecule has 0 saturated carbocycles. The maximum Gasteiger partial charge on any atom is 0.305 e. The first kappa shape index (κ1) is 18.3. The maximum atomic E-state index is 12.2. The number of aliphatic carboxylic acids is 1. The smallest absolute Gasteiger partial charge is 0.305 e. The lowest BCUT2D eigenvalue weighted by atomic mass is 10.0. The molecule has 2 aromatic rings. The fraction of sp³-hybridized carbons (Fsp3) is 0.263. The zero-order valence-electron chi connectivity index (χ0n) is 14.2. The van der Waals surface area contributed by atoms with Crippen LogP contribution in [0.3, 0.4) is 0 Å². The third kappa shape index (κ3) is 5.53. The summed E-state index contributed by atoms with van der Waals surface area (Å²) in [4.78, 5) is 23.3. The number of para-hydroxylation sites is 2. The van der Waals surface area contributed by atoms with Crippen molar-refractivity contribution in [3.8, 4) is 11.5 Å². The van der Waals surface area contributed by atoms with Crippen LogP contribution < -0.4 is 14.8 Å². The lowest BCUT2D eigenvalue weighted by Gasteiger charge is -2.18. The van der Waals surface area contributed by atoms with Crippen LogP contribution in [0.5, 0.6) is 11.5 Å². The molecule has 0 bridgehead atoms. The number of nitrogens with one attached hydrogen (secondary N) is 1. The molecule has 0 saturated heterocycles. The van der Waals surface area contributed by atoms with E-state index in [4.69, 9.17) is 14.6 Å². The van der Waals surface area contributed by atoms with E-state index in [1.54, 1.807) is 24.3 Å². The number of amides is 1. The summed E-state index contributed by atoms with van der Waals surface area (Å²) in [6.07, 6.45) is -0.205. The van der Waals surface area contributed by atoms with E-state index in [-0.39, 0.29) is 13.0 Å². The predicted molar refractivity (Wildman–Crippen MR) is 92.8 cm³/mol. The van der Waals surface area contributed by atoms with Crippen LogP contribution in [0.1, 0.15) is 23.6 Å². The highest BCUT2D eigenvalue weighted by Gasteiger charge is 2.18. The number of ether oxygens (including phenoxy) is 2. The molecular formula is C19H21NO5. The van der Waals surface area contributed by atoms with Gasteiger partial charge in [0.15, 0.2) is 18.1 Å². The van der Waals surface area contributed by atoms with Crippen LogP contribution in [0.2, 0.25) is 0 Å². The van der Waals surface area contributed by atoms with Gasteiger partial charge in [0, 0.05) is 0 Å². The Bertz CT molecular complexity index is 727. The van der Waals surface area contributed by atoms with Gasteiger partial charge in [0.05, 0.1) is 19.6 Å². The lowest BCUT2D eigenvalue weighted by molar-refractivity contribution is -0.137. The van der Waals surface area contributed by atoms with E-state index in [0.717, 1.165) is 11.1 Å². The number of carboxylic acid groups (broad SMARTS) is 1. The molecule has 1 unspecified atom stereocenters. The standard InChI is InChI=1S/C19H21NO5/c1-13-7-9-14(10-8-13)15(11-19(22)23)20-18(21)12-25-17-6-4-3-5-16(17)24-2/h3-10,15H,11-12H2,1-2H3,(H,20,21)(H,22,23). The van der Waals surface area contributed by atoms with Crippen molar-refractivity contribution in [1.29, 1.82) is 0 Å². The Morgan fingerprint density at radius 2 is 1.72 bits per heavy atom. The second kappa shape index (κ2) is 8.73. The Balaban J connectivity index is 2.01. The summed E-state index contributed by atoms with van der Waals surface area (Å²) in [6, 6.07) is 13.7. The highest BCUT2D eigenvalue weighted by atomic mass is 16.5. The van der Waals surface area contributed by atoms with Crippen LogP contribution >= 0.6 is 0 Å². The van der Waals surface area contributed by atoms with Crippen molar-refractivity contribution in [2.45, 2.75) is 19.4 Å². The van der Waals surface area contributed by atoms with Crippen LogP contribution in [0.15, 0.2) is 48.5 Å². The molecule has 6 nitrogen and oxygen atoms in total. The number of carboxylic acids is 1. The Kier molecular flexibility index (Phi) is 6.39. The van der Waals surface area contributed by atoms with Crippen molar-refractivity contribution in [3.63, 3.8) is 0 Å². The summed E-state index contributed by atoms with van der Waals surface area (Å²) in [5, 5.41) is 11.8. The van der Waals surface area contributed by atoms with Crippen LogP contribution in [0.25, 0.3) is 0 Å². The van der Waals surface area contributed by atoms with Gasteiger partial charge in [-0.15, -0.1) is 0 Å². The molecule has 1 atom stereocenters. The summed E-state index contributed by atoms with van der Waals surface area (Å²) in [7, 11) is 1.52. The first-order valence-electron chi connectivity index (χ1n) is 7.83. The average Bonchev–Trinajstić information content (AvgIpc) is 2.60. The maximum absolute atomic E-state index is 12.2. The van der Waals surface area contributed by atoms with E-state index in [1.165, 1.54) is 7.11 Å². The van der Waals surface area contributed by atoms with Crippen LogP contribution in [-0.2, 0) is 9.59 Å². The van der Waals surface area contributed by atoms with E-state index in [1.807, 2.05) is 31.2 Å². The number of aryl methyl sites for hydroxylation is 1. The quantitative estimate of drug-likeness (QED) is 0.770. The molecule has 0 radical (unpaired) electrons. The zero-order chi connectivity index (χ0) is 18.2. The minimum Gasteiger partial charge on any atom is -0.493 e. The van der Waals surface area contributed by atoms with Crippen LogP contribution in [0.4, 0.5) is 0 Å². The summed E-state index contributed by atoms with van der Waals surface area (Å²) in [6.45, 7) is 1.71. The molecule has 2 N–H and O–H groups in total. The minimum atomic E-state index is -0.989. The second-order valence-corrected chi connectivity index (χ2v) is 5.57. The monoisotopic (exact) mass is 343 g/mol. The number of methoxy groups -OCH3 is 1. The fourth-order valence-corrected chi connectivity index (χ4v) is 2.34. The number of benzene rings is 2. The topological polar surface area (TPSA) is 84.9 Å². The number of rotatable bonds is 8. The molecule has 0 aliphatic rings. The highest BCUT2D eigenvalue weighted by Crippen LogP contribution is 2.25. The van der Waals surface area contributed by atoms with E-state index < -0.39 is 17.9 Å². The highest BCUT2D eigenvalue weighted by molar-refractivity contribution is 5.79. The Morgan fingerprint density at radius 1 is 1.08 bits per heavy atom. The molecule has 0 aliphatic heterocycles. The van der Waals surface area contributed by atoms with Crippen molar-refractivity contribution >= 4 is 11.9 Å². The molecule has 0 spiro atoms. The second-order valence-electron chi connectivity index (χ2n) is 5.57. The number of hydrogen-bond donors (Lipinski definition) is 2. The van der Waals surface area contributed by atoms with Gasteiger partial charge in [0.25, 0.3) is 5.91 Å². The molecule has 0 aliphatic carbocycles. The largest absolute Gasteiger partial charge is 0.493 e. The molecule has 0 fully saturated rings. The van der Waals surface area contributed by atoms with Gasteiger partial charge in [-0.3, -0.25) is 9.59 Å². The molecule has 0 heterocycles. The third-order valence-electron chi connectivity index (χ3n) is 3.62.